The lowest BCUT2D eigenvalue weighted by Gasteiger charge is -2.68. The predicted octanol–water partition coefficient (Wildman–Crippen LogP) is 3.62. The predicted molar refractivity (Wildman–Crippen MR) is 86.1 cm³/mol. The molecule has 3 heteroatoms. The van der Waals surface area contributed by atoms with Gasteiger partial charge in [-0.1, -0.05) is 31.2 Å². The van der Waals surface area contributed by atoms with Gasteiger partial charge in [-0.3, -0.25) is 4.79 Å². The molecule has 112 valence electrons. The number of hydrogen-bond donors (Lipinski definition) is 1. The molecule has 3 aliphatic carbocycles. The van der Waals surface area contributed by atoms with Crippen molar-refractivity contribution < 1.29 is 9.90 Å². The highest BCUT2D eigenvalue weighted by molar-refractivity contribution is 6.05. The van der Waals surface area contributed by atoms with Gasteiger partial charge in [-0.15, -0.1) is 0 Å². The van der Waals surface area contributed by atoms with Crippen molar-refractivity contribution in [2.24, 2.45) is 10.8 Å². The maximum absolute atomic E-state index is 13.0. The monoisotopic (exact) mass is 293 g/mol. The van der Waals surface area contributed by atoms with Gasteiger partial charge in [-0.05, 0) is 42.0 Å². The Morgan fingerprint density at radius 1 is 1.18 bits per heavy atom. The lowest BCUT2D eigenvalue weighted by molar-refractivity contribution is -0.196. The molecule has 0 aromatic heterocycles. The van der Waals surface area contributed by atoms with E-state index in [4.69, 9.17) is 0 Å². The molecular weight excluding hydrogens is 274 g/mol. The van der Waals surface area contributed by atoms with Crippen molar-refractivity contribution >= 4 is 22.4 Å². The molecule has 1 aliphatic heterocycles. The fourth-order valence-corrected chi connectivity index (χ4v) is 5.27. The molecule has 0 unspecified atom stereocenters. The van der Waals surface area contributed by atoms with Crippen molar-refractivity contribution in [2.75, 3.05) is 11.4 Å². The smallest absolute Gasteiger partial charge is 0.233 e. The molecule has 4 aliphatic rings. The van der Waals surface area contributed by atoms with Crippen LogP contribution in [-0.4, -0.2) is 17.6 Å². The summed E-state index contributed by atoms with van der Waals surface area (Å²) in [6.07, 6.45) is 4.02. The normalized spacial score (nSPS) is 31.6. The first-order chi connectivity index (χ1) is 10.5. The van der Waals surface area contributed by atoms with Crippen LogP contribution in [0.15, 0.2) is 30.3 Å². The summed E-state index contributed by atoms with van der Waals surface area (Å²) in [6.45, 7) is 3.03. The molecule has 22 heavy (non-hydrogen) atoms. The highest BCUT2D eigenvalue weighted by Gasteiger charge is 2.69. The summed E-state index contributed by atoms with van der Waals surface area (Å²) in [7, 11) is 0. The highest BCUT2D eigenvalue weighted by atomic mass is 16.3. The molecule has 2 aromatic rings. The number of amides is 1. The Labute approximate surface area is 129 Å². The number of carbonyl (C=O) groups is 1. The second-order valence-corrected chi connectivity index (χ2v) is 7.77. The van der Waals surface area contributed by atoms with Crippen LogP contribution in [0.25, 0.3) is 10.8 Å². The van der Waals surface area contributed by atoms with Crippen molar-refractivity contribution in [3.63, 3.8) is 0 Å². The molecule has 2 bridgehead atoms. The minimum atomic E-state index is -0.0857. The van der Waals surface area contributed by atoms with Crippen molar-refractivity contribution in [2.45, 2.75) is 32.6 Å². The number of rotatable bonds is 1. The van der Waals surface area contributed by atoms with Crippen molar-refractivity contribution in [1.82, 2.24) is 0 Å². The second-order valence-electron chi connectivity index (χ2n) is 7.77. The Bertz CT molecular complexity index is 819. The second kappa shape index (κ2) is 3.65. The zero-order chi connectivity index (χ0) is 15.1. The topological polar surface area (TPSA) is 40.5 Å². The number of anilines is 1. The molecule has 6 rings (SSSR count). The van der Waals surface area contributed by atoms with Gasteiger partial charge in [0, 0.05) is 18.0 Å². The largest absolute Gasteiger partial charge is 0.507 e. The lowest BCUT2D eigenvalue weighted by Crippen LogP contribution is -2.66. The first kappa shape index (κ1) is 12.5. The SMILES string of the molecule is CC12CC(C(=O)N3CCc4c3cc(O)c3ccccc43)(C1)C2. The minimum absolute atomic E-state index is 0.0857. The lowest BCUT2D eigenvalue weighted by atomic mass is 9.35. The Kier molecular flexibility index (Phi) is 2.07. The fourth-order valence-electron chi connectivity index (χ4n) is 5.27. The van der Waals surface area contributed by atoms with E-state index < -0.39 is 0 Å². The summed E-state index contributed by atoms with van der Waals surface area (Å²) in [5, 5.41) is 12.3. The molecular formula is C19H19NO2. The van der Waals surface area contributed by atoms with Gasteiger partial charge in [0.1, 0.15) is 5.75 Å². The molecule has 0 atom stereocenters. The maximum atomic E-state index is 13.0. The Morgan fingerprint density at radius 3 is 2.55 bits per heavy atom. The van der Waals surface area contributed by atoms with Crippen molar-refractivity contribution in [1.29, 1.82) is 0 Å². The van der Waals surface area contributed by atoms with E-state index in [2.05, 4.69) is 6.92 Å². The van der Waals surface area contributed by atoms with Gasteiger partial charge in [0.05, 0.1) is 11.1 Å². The molecule has 3 nitrogen and oxygen atoms in total. The van der Waals surface area contributed by atoms with E-state index in [9.17, 15) is 9.90 Å². The van der Waals surface area contributed by atoms with E-state index in [1.807, 2.05) is 29.2 Å². The summed E-state index contributed by atoms with van der Waals surface area (Å²) in [4.78, 5) is 14.9. The van der Waals surface area contributed by atoms with Gasteiger partial charge in [0.15, 0.2) is 0 Å². The van der Waals surface area contributed by atoms with Crippen LogP contribution in [0.5, 0.6) is 5.75 Å². The van der Waals surface area contributed by atoms with Gasteiger partial charge in [0.25, 0.3) is 0 Å². The van der Waals surface area contributed by atoms with E-state index in [0.29, 0.717) is 5.41 Å². The Balaban J connectivity index is 1.59. The molecule has 3 saturated carbocycles. The van der Waals surface area contributed by atoms with E-state index in [0.717, 1.165) is 48.7 Å². The number of hydrogen-bond acceptors (Lipinski definition) is 2. The molecule has 0 radical (unpaired) electrons. The third-order valence-corrected chi connectivity index (χ3v) is 5.98. The van der Waals surface area contributed by atoms with Crippen LogP contribution in [0.4, 0.5) is 5.69 Å². The summed E-state index contributed by atoms with van der Waals surface area (Å²) < 4.78 is 0. The third kappa shape index (κ3) is 1.35. The van der Waals surface area contributed by atoms with Crippen molar-refractivity contribution in [3.05, 3.63) is 35.9 Å². The van der Waals surface area contributed by atoms with E-state index in [1.165, 1.54) is 5.56 Å². The number of carbonyl (C=O) groups excluding carboxylic acids is 1. The summed E-state index contributed by atoms with van der Waals surface area (Å²) in [5.74, 6) is 0.559. The number of fused-ring (bicyclic) bond motifs is 3. The zero-order valence-electron chi connectivity index (χ0n) is 12.7. The zero-order valence-corrected chi connectivity index (χ0v) is 12.7. The molecule has 1 amide bonds. The van der Waals surface area contributed by atoms with Crippen LogP contribution in [-0.2, 0) is 11.2 Å². The maximum Gasteiger partial charge on any atom is 0.233 e. The average molecular weight is 293 g/mol. The summed E-state index contributed by atoms with van der Waals surface area (Å²) in [5.41, 5.74) is 2.48. The molecule has 1 N–H and O–H groups in total. The third-order valence-electron chi connectivity index (χ3n) is 5.98. The molecule has 0 saturated heterocycles. The van der Waals surface area contributed by atoms with Crippen LogP contribution in [0.3, 0.4) is 0 Å². The van der Waals surface area contributed by atoms with Gasteiger partial charge < -0.3 is 10.0 Å². The number of phenolic OH excluding ortho intramolecular Hbond substituents is 1. The van der Waals surface area contributed by atoms with Gasteiger partial charge >= 0.3 is 0 Å². The quantitative estimate of drug-likeness (QED) is 0.872. The van der Waals surface area contributed by atoms with Crippen LogP contribution in [0, 0.1) is 10.8 Å². The van der Waals surface area contributed by atoms with Gasteiger partial charge in [0.2, 0.25) is 5.91 Å². The average Bonchev–Trinajstić information content (AvgIpc) is 2.86. The summed E-state index contributed by atoms with van der Waals surface area (Å²) in [6, 6.07) is 9.71. The number of nitrogens with zero attached hydrogens (tertiary/aromatic N) is 1. The van der Waals surface area contributed by atoms with Crippen LogP contribution < -0.4 is 4.90 Å². The first-order valence-electron chi connectivity index (χ1n) is 8.07. The number of benzene rings is 2. The standard InChI is InChI=1S/C19H19NO2/c1-18-9-19(10-18,11-18)17(22)20-7-6-13-12-4-2-3-5-14(12)16(21)8-15(13)20/h2-5,8,21H,6-7,9-11H2,1H3. The molecule has 0 spiro atoms. The van der Waals surface area contributed by atoms with Crippen LogP contribution in [0.1, 0.15) is 31.7 Å². The molecule has 2 aromatic carbocycles. The number of phenols is 1. The number of aromatic hydroxyl groups is 1. The Morgan fingerprint density at radius 2 is 1.86 bits per heavy atom. The van der Waals surface area contributed by atoms with Crippen LogP contribution in [0.2, 0.25) is 0 Å². The van der Waals surface area contributed by atoms with E-state index >= 15 is 0 Å². The Hall–Kier alpha value is -2.03. The van der Waals surface area contributed by atoms with E-state index in [-0.39, 0.29) is 17.1 Å². The first-order valence-corrected chi connectivity index (χ1v) is 8.07. The van der Waals surface area contributed by atoms with Crippen molar-refractivity contribution in [3.8, 4) is 5.75 Å². The highest BCUT2D eigenvalue weighted by Crippen LogP contribution is 2.73. The van der Waals surface area contributed by atoms with E-state index in [1.54, 1.807) is 6.07 Å². The van der Waals surface area contributed by atoms with Gasteiger partial charge in [-0.25, -0.2) is 0 Å². The molecule has 1 heterocycles. The van der Waals surface area contributed by atoms with Crippen LogP contribution >= 0.6 is 0 Å². The van der Waals surface area contributed by atoms with Gasteiger partial charge in [-0.2, -0.15) is 0 Å². The molecule has 3 fully saturated rings. The fraction of sp³-hybridized carbons (Fsp3) is 0.421. The minimum Gasteiger partial charge on any atom is -0.507 e. The summed E-state index contributed by atoms with van der Waals surface area (Å²) >= 11 is 0.